The summed E-state index contributed by atoms with van der Waals surface area (Å²) >= 11 is 9.35. The van der Waals surface area contributed by atoms with Crippen molar-refractivity contribution < 1.29 is 14.3 Å². The van der Waals surface area contributed by atoms with Gasteiger partial charge in [-0.15, -0.1) is 5.10 Å². The van der Waals surface area contributed by atoms with Gasteiger partial charge in [-0.25, -0.2) is 14.5 Å². The molecular weight excluding hydrogens is 506 g/mol. The lowest BCUT2D eigenvalue weighted by Gasteiger charge is -2.08. The van der Waals surface area contributed by atoms with E-state index < -0.39 is 12.6 Å². The van der Waals surface area contributed by atoms with E-state index in [1.165, 1.54) is 0 Å². The molecule has 0 N–H and O–H groups in total. The van der Waals surface area contributed by atoms with Crippen molar-refractivity contribution in [1.82, 2.24) is 14.8 Å². The summed E-state index contributed by atoms with van der Waals surface area (Å²) in [6.45, 7) is 3.61. The van der Waals surface area contributed by atoms with Gasteiger partial charge < -0.3 is 4.74 Å². The third kappa shape index (κ3) is 5.21. The lowest BCUT2D eigenvalue weighted by atomic mass is 10.1. The van der Waals surface area contributed by atoms with E-state index in [0.717, 1.165) is 26.9 Å². The van der Waals surface area contributed by atoms with Crippen molar-refractivity contribution in [2.75, 3.05) is 6.61 Å². The van der Waals surface area contributed by atoms with E-state index in [1.54, 1.807) is 53.2 Å². The predicted molar refractivity (Wildman–Crippen MR) is 130 cm³/mol. The van der Waals surface area contributed by atoms with Gasteiger partial charge in [-0.3, -0.25) is 4.79 Å². The predicted octanol–water partition coefficient (Wildman–Crippen LogP) is 6.01. The third-order valence-corrected chi connectivity index (χ3v) is 5.91. The first-order valence-electron chi connectivity index (χ1n) is 10.1. The molecule has 0 aliphatic heterocycles. The van der Waals surface area contributed by atoms with Crippen molar-refractivity contribution in [1.29, 1.82) is 0 Å². The van der Waals surface area contributed by atoms with Crippen LogP contribution in [0.15, 0.2) is 71.2 Å². The maximum Gasteiger partial charge on any atom is 0.378 e. The molecule has 0 aliphatic rings. The van der Waals surface area contributed by atoms with Crippen LogP contribution in [-0.4, -0.2) is 33.1 Å². The molecule has 1 aromatic heterocycles. The fraction of sp³-hybridized carbons (Fsp3) is 0.120. The Bertz CT molecular complexity index is 1330. The smallest absolute Gasteiger partial charge is 0.378 e. The van der Waals surface area contributed by atoms with Crippen molar-refractivity contribution in [2.45, 2.75) is 13.8 Å². The Labute approximate surface area is 204 Å². The van der Waals surface area contributed by atoms with Gasteiger partial charge in [0.25, 0.3) is 5.82 Å². The fourth-order valence-electron chi connectivity index (χ4n) is 3.14. The Morgan fingerprint density at radius 3 is 2.33 bits per heavy atom. The lowest BCUT2D eigenvalue weighted by Crippen LogP contribution is -2.15. The number of benzene rings is 3. The van der Waals surface area contributed by atoms with Crippen LogP contribution < -0.4 is 0 Å². The first-order chi connectivity index (χ1) is 15.8. The molecule has 8 heteroatoms. The second-order valence-corrected chi connectivity index (χ2v) is 8.80. The number of hydrogen-bond acceptors (Lipinski definition) is 5. The summed E-state index contributed by atoms with van der Waals surface area (Å²) in [5.74, 6) is -0.775. The molecule has 0 amide bonds. The second kappa shape index (κ2) is 9.68. The van der Waals surface area contributed by atoms with E-state index in [-0.39, 0.29) is 11.6 Å². The SMILES string of the molecule is Cc1ccc(-n2nc(C(=O)OCC(=O)c3ccc(Br)cc3)nc2-c2ccc(Cl)cc2)cc1C. The van der Waals surface area contributed by atoms with Gasteiger partial charge in [-0.1, -0.05) is 45.7 Å². The molecule has 0 saturated heterocycles. The Kier molecular flexibility index (Phi) is 6.72. The van der Waals surface area contributed by atoms with Crippen molar-refractivity contribution in [3.63, 3.8) is 0 Å². The molecule has 0 saturated carbocycles. The maximum atomic E-state index is 12.7. The van der Waals surface area contributed by atoms with Crippen LogP contribution in [0.2, 0.25) is 5.02 Å². The standard InChI is InChI=1S/C25H19BrClN3O3/c1-15-3-12-21(13-16(15)2)30-24(18-6-10-20(27)11-7-18)28-23(29-30)25(32)33-14-22(31)17-4-8-19(26)9-5-17/h3-13H,14H2,1-2H3. The molecule has 0 spiro atoms. The Hall–Kier alpha value is -3.29. The summed E-state index contributed by atoms with van der Waals surface area (Å²) in [7, 11) is 0. The van der Waals surface area contributed by atoms with E-state index in [9.17, 15) is 9.59 Å². The zero-order valence-corrected chi connectivity index (χ0v) is 20.2. The number of halogens is 2. The summed E-state index contributed by atoms with van der Waals surface area (Å²) in [4.78, 5) is 29.5. The summed E-state index contributed by atoms with van der Waals surface area (Å²) in [5, 5.41) is 4.98. The number of rotatable bonds is 6. The normalized spacial score (nSPS) is 10.8. The highest BCUT2D eigenvalue weighted by atomic mass is 79.9. The van der Waals surface area contributed by atoms with Crippen LogP contribution in [0.5, 0.6) is 0 Å². The molecular formula is C25H19BrClN3O3. The number of carbonyl (C=O) groups is 2. The quantitative estimate of drug-likeness (QED) is 0.228. The van der Waals surface area contributed by atoms with Gasteiger partial charge in [0.15, 0.2) is 18.2 Å². The van der Waals surface area contributed by atoms with Crippen molar-refractivity contribution in [3.05, 3.63) is 98.7 Å². The summed E-state index contributed by atoms with van der Waals surface area (Å²) < 4.78 is 7.66. The van der Waals surface area contributed by atoms with E-state index in [1.807, 2.05) is 32.0 Å². The number of carbonyl (C=O) groups excluding carboxylic acids is 2. The average molecular weight is 525 g/mol. The molecule has 33 heavy (non-hydrogen) atoms. The molecule has 4 aromatic rings. The lowest BCUT2D eigenvalue weighted by molar-refractivity contribution is 0.0462. The largest absolute Gasteiger partial charge is 0.451 e. The Balaban J connectivity index is 1.63. The average Bonchev–Trinajstić information content (AvgIpc) is 3.25. The molecule has 0 fully saturated rings. The van der Waals surface area contributed by atoms with E-state index >= 15 is 0 Å². The van der Waals surface area contributed by atoms with Gasteiger partial charge in [0.05, 0.1) is 5.69 Å². The third-order valence-electron chi connectivity index (χ3n) is 5.13. The van der Waals surface area contributed by atoms with Crippen LogP contribution in [0.1, 0.15) is 32.1 Å². The van der Waals surface area contributed by atoms with Crippen molar-refractivity contribution >= 4 is 39.3 Å². The molecule has 0 atom stereocenters. The van der Waals surface area contributed by atoms with E-state index in [4.69, 9.17) is 16.3 Å². The van der Waals surface area contributed by atoms with Crippen molar-refractivity contribution in [3.8, 4) is 17.1 Å². The topological polar surface area (TPSA) is 74.1 Å². The van der Waals surface area contributed by atoms with Gasteiger partial charge in [0, 0.05) is 20.6 Å². The molecule has 0 aliphatic carbocycles. The zero-order chi connectivity index (χ0) is 23.5. The van der Waals surface area contributed by atoms with Gasteiger partial charge in [-0.2, -0.15) is 0 Å². The zero-order valence-electron chi connectivity index (χ0n) is 17.9. The van der Waals surface area contributed by atoms with Gasteiger partial charge in [0.1, 0.15) is 0 Å². The van der Waals surface area contributed by atoms with Crippen LogP contribution in [-0.2, 0) is 4.74 Å². The number of Topliss-reactive ketones (excluding diaryl/α,β-unsaturated/α-hetero) is 1. The number of hydrogen-bond donors (Lipinski definition) is 0. The first-order valence-corrected chi connectivity index (χ1v) is 11.3. The number of nitrogens with zero attached hydrogens (tertiary/aromatic N) is 3. The number of aromatic nitrogens is 3. The monoisotopic (exact) mass is 523 g/mol. The Morgan fingerprint density at radius 2 is 1.67 bits per heavy atom. The number of aryl methyl sites for hydroxylation is 2. The minimum Gasteiger partial charge on any atom is -0.451 e. The van der Waals surface area contributed by atoms with Crippen LogP contribution in [0.3, 0.4) is 0 Å². The second-order valence-electron chi connectivity index (χ2n) is 7.45. The van der Waals surface area contributed by atoms with Gasteiger partial charge in [0.2, 0.25) is 0 Å². The minimum absolute atomic E-state index is 0.137. The summed E-state index contributed by atoms with van der Waals surface area (Å²) in [6, 6.07) is 19.8. The molecule has 3 aromatic carbocycles. The van der Waals surface area contributed by atoms with Gasteiger partial charge in [-0.05, 0) is 73.5 Å². The molecule has 4 rings (SSSR count). The first kappa shape index (κ1) is 22.9. The highest BCUT2D eigenvalue weighted by Gasteiger charge is 2.21. The summed E-state index contributed by atoms with van der Waals surface area (Å²) in [6.07, 6.45) is 0. The van der Waals surface area contributed by atoms with Crippen molar-refractivity contribution in [2.24, 2.45) is 0 Å². The van der Waals surface area contributed by atoms with E-state index in [2.05, 4.69) is 26.0 Å². The van der Waals surface area contributed by atoms with Crippen LogP contribution in [0.4, 0.5) is 0 Å². The molecule has 6 nitrogen and oxygen atoms in total. The number of esters is 1. The highest BCUT2D eigenvalue weighted by molar-refractivity contribution is 9.10. The number of ether oxygens (including phenoxy) is 1. The van der Waals surface area contributed by atoms with Crippen LogP contribution >= 0.6 is 27.5 Å². The highest BCUT2D eigenvalue weighted by Crippen LogP contribution is 2.24. The fourth-order valence-corrected chi connectivity index (χ4v) is 3.53. The molecule has 0 unspecified atom stereocenters. The Morgan fingerprint density at radius 1 is 0.970 bits per heavy atom. The maximum absolute atomic E-state index is 12.7. The molecule has 0 radical (unpaired) electrons. The molecule has 166 valence electrons. The van der Waals surface area contributed by atoms with E-state index in [0.29, 0.717) is 16.4 Å². The number of ketones is 1. The minimum atomic E-state index is -0.779. The molecule has 1 heterocycles. The summed E-state index contributed by atoms with van der Waals surface area (Å²) in [5.41, 5.74) is 4.14. The van der Waals surface area contributed by atoms with Crippen LogP contribution in [0.25, 0.3) is 17.1 Å². The molecule has 0 bridgehead atoms. The van der Waals surface area contributed by atoms with Crippen LogP contribution in [0, 0.1) is 13.8 Å². The van der Waals surface area contributed by atoms with Gasteiger partial charge >= 0.3 is 5.97 Å².